The van der Waals surface area contributed by atoms with Gasteiger partial charge in [0.25, 0.3) is 0 Å². The van der Waals surface area contributed by atoms with E-state index in [1.165, 1.54) is 28.1 Å². The lowest BCUT2D eigenvalue weighted by Gasteiger charge is -2.18. The molecule has 0 fully saturated rings. The number of benzene rings is 1. The second kappa shape index (κ2) is 10.5. The monoisotopic (exact) mass is 435 g/mol. The van der Waals surface area contributed by atoms with Crippen LogP contribution in [0.1, 0.15) is 53.3 Å². The van der Waals surface area contributed by atoms with Crippen molar-refractivity contribution in [2.45, 2.75) is 67.1 Å². The van der Waals surface area contributed by atoms with Crippen LogP contribution in [0.3, 0.4) is 0 Å². The van der Waals surface area contributed by atoms with Gasteiger partial charge in [-0.3, -0.25) is 9.36 Å². The Kier molecular flexibility index (Phi) is 7.72. The molecule has 1 unspecified atom stereocenters. The van der Waals surface area contributed by atoms with Gasteiger partial charge in [-0.1, -0.05) is 30.3 Å². The van der Waals surface area contributed by atoms with Crippen LogP contribution >= 0.6 is 0 Å². The van der Waals surface area contributed by atoms with Gasteiger partial charge in [-0.2, -0.15) is 10.2 Å². The van der Waals surface area contributed by atoms with Crippen LogP contribution in [-0.4, -0.2) is 38.1 Å². The van der Waals surface area contributed by atoms with Crippen LogP contribution < -0.4 is 10.6 Å². The smallest absolute Gasteiger partial charge is 0.191 e. The van der Waals surface area contributed by atoms with Gasteiger partial charge in [-0.25, -0.2) is 4.99 Å². The lowest BCUT2D eigenvalue weighted by Crippen LogP contribution is -2.43. The predicted molar refractivity (Wildman–Crippen MR) is 131 cm³/mol. The Hall–Kier alpha value is -3.09. The highest BCUT2D eigenvalue weighted by Gasteiger charge is 2.15. The number of hydrogen-bond donors (Lipinski definition) is 2. The van der Waals surface area contributed by atoms with E-state index in [1.54, 1.807) is 0 Å². The fourth-order valence-corrected chi connectivity index (χ4v) is 4.05. The molecule has 0 saturated heterocycles. The van der Waals surface area contributed by atoms with E-state index in [0.717, 1.165) is 36.9 Å². The molecule has 0 amide bonds. The molecule has 7 heteroatoms. The van der Waals surface area contributed by atoms with E-state index in [9.17, 15) is 0 Å². The van der Waals surface area contributed by atoms with Gasteiger partial charge in [0.1, 0.15) is 0 Å². The van der Waals surface area contributed by atoms with Crippen LogP contribution in [0.4, 0.5) is 0 Å². The molecule has 2 N–H and O–H groups in total. The molecule has 1 aromatic carbocycles. The summed E-state index contributed by atoms with van der Waals surface area (Å²) < 4.78 is 4.03. The van der Waals surface area contributed by atoms with E-state index in [2.05, 4.69) is 86.2 Å². The summed E-state index contributed by atoms with van der Waals surface area (Å²) >= 11 is 0. The minimum Gasteiger partial charge on any atom is -0.357 e. The van der Waals surface area contributed by atoms with Crippen molar-refractivity contribution in [3.8, 4) is 0 Å². The summed E-state index contributed by atoms with van der Waals surface area (Å²) in [7, 11) is 2.00. The third kappa shape index (κ3) is 5.58. The number of aryl methyl sites for hydroxylation is 3. The summed E-state index contributed by atoms with van der Waals surface area (Å²) in [5.41, 5.74) is 8.25. The fourth-order valence-electron chi connectivity index (χ4n) is 4.05. The summed E-state index contributed by atoms with van der Waals surface area (Å²) in [6, 6.07) is 10.7. The lowest BCUT2D eigenvalue weighted by molar-refractivity contribution is 0.635. The highest BCUT2D eigenvalue weighted by molar-refractivity contribution is 5.80. The van der Waals surface area contributed by atoms with Crippen molar-refractivity contribution in [3.05, 3.63) is 69.8 Å². The summed E-state index contributed by atoms with van der Waals surface area (Å²) in [6.45, 7) is 14.9. The second-order valence-electron chi connectivity index (χ2n) is 8.51. The molecule has 0 bridgehead atoms. The van der Waals surface area contributed by atoms with E-state index >= 15 is 0 Å². The van der Waals surface area contributed by atoms with E-state index in [1.807, 2.05) is 17.8 Å². The Bertz CT molecular complexity index is 1060. The third-order valence-electron chi connectivity index (χ3n) is 6.00. The number of guanidine groups is 1. The van der Waals surface area contributed by atoms with Crippen molar-refractivity contribution >= 4 is 5.96 Å². The van der Waals surface area contributed by atoms with Crippen molar-refractivity contribution in [1.29, 1.82) is 0 Å². The van der Waals surface area contributed by atoms with E-state index in [-0.39, 0.29) is 6.04 Å². The molecule has 172 valence electrons. The quantitative estimate of drug-likeness (QED) is 0.419. The Labute approximate surface area is 191 Å². The molecule has 2 heterocycles. The SMILES string of the molecule is CCNC(=NCc1c(C)nn(Cc2ccccc2)c1C)NC(C)Cc1c(C)nn(C)c1C. The maximum absolute atomic E-state index is 4.88. The first-order valence-electron chi connectivity index (χ1n) is 11.4. The molecule has 3 aromatic rings. The highest BCUT2D eigenvalue weighted by Crippen LogP contribution is 2.17. The molecule has 0 radical (unpaired) electrons. The Morgan fingerprint density at radius 2 is 1.69 bits per heavy atom. The Morgan fingerprint density at radius 3 is 2.31 bits per heavy atom. The van der Waals surface area contributed by atoms with Crippen molar-refractivity contribution in [1.82, 2.24) is 30.2 Å². The Morgan fingerprint density at radius 1 is 1.00 bits per heavy atom. The molecule has 0 aliphatic carbocycles. The van der Waals surface area contributed by atoms with Gasteiger partial charge >= 0.3 is 0 Å². The summed E-state index contributed by atoms with van der Waals surface area (Å²) in [5, 5.41) is 16.2. The molecule has 1 atom stereocenters. The molecule has 0 saturated carbocycles. The average Bonchev–Trinajstić information content (AvgIpc) is 3.15. The number of aliphatic imine (C=N–C) groups is 1. The van der Waals surface area contributed by atoms with Crippen LogP contribution in [0.5, 0.6) is 0 Å². The molecule has 7 nitrogen and oxygen atoms in total. The number of rotatable bonds is 8. The predicted octanol–water partition coefficient (Wildman–Crippen LogP) is 3.58. The number of nitrogens with one attached hydrogen (secondary N) is 2. The van der Waals surface area contributed by atoms with Crippen LogP contribution in [0.25, 0.3) is 0 Å². The molecule has 0 spiro atoms. The molecular formula is C25H37N7. The summed E-state index contributed by atoms with van der Waals surface area (Å²) in [5.74, 6) is 0.828. The van der Waals surface area contributed by atoms with Gasteiger partial charge in [0, 0.05) is 36.6 Å². The first-order valence-corrected chi connectivity index (χ1v) is 11.4. The zero-order valence-corrected chi connectivity index (χ0v) is 20.5. The second-order valence-corrected chi connectivity index (χ2v) is 8.51. The van der Waals surface area contributed by atoms with Crippen molar-refractivity contribution < 1.29 is 0 Å². The molecule has 2 aromatic heterocycles. The largest absolute Gasteiger partial charge is 0.357 e. The van der Waals surface area contributed by atoms with Crippen molar-refractivity contribution in [3.63, 3.8) is 0 Å². The minimum atomic E-state index is 0.234. The first-order chi connectivity index (χ1) is 15.3. The van der Waals surface area contributed by atoms with Gasteiger partial charge in [-0.05, 0) is 59.1 Å². The number of aromatic nitrogens is 4. The van der Waals surface area contributed by atoms with Crippen molar-refractivity contribution in [2.24, 2.45) is 12.0 Å². The highest BCUT2D eigenvalue weighted by atomic mass is 15.3. The van der Waals surface area contributed by atoms with Crippen molar-refractivity contribution in [2.75, 3.05) is 6.54 Å². The van der Waals surface area contributed by atoms with Crippen LogP contribution in [0.15, 0.2) is 35.3 Å². The number of nitrogens with zero attached hydrogens (tertiary/aromatic N) is 5. The zero-order chi connectivity index (χ0) is 23.3. The molecule has 0 aliphatic heterocycles. The van der Waals surface area contributed by atoms with Crippen LogP contribution in [0.2, 0.25) is 0 Å². The summed E-state index contributed by atoms with van der Waals surface area (Å²) in [4.78, 5) is 4.88. The molecule has 0 aliphatic rings. The van der Waals surface area contributed by atoms with E-state index in [4.69, 9.17) is 10.1 Å². The lowest BCUT2D eigenvalue weighted by atomic mass is 10.1. The first kappa shape index (κ1) is 23.6. The van der Waals surface area contributed by atoms with Crippen LogP contribution in [-0.2, 0) is 26.6 Å². The van der Waals surface area contributed by atoms with E-state index < -0.39 is 0 Å². The Balaban J connectivity index is 1.70. The van der Waals surface area contributed by atoms with Gasteiger partial charge in [0.15, 0.2) is 5.96 Å². The fraction of sp³-hybridized carbons (Fsp3) is 0.480. The minimum absolute atomic E-state index is 0.234. The van der Waals surface area contributed by atoms with Gasteiger partial charge in [0.2, 0.25) is 0 Å². The number of hydrogen-bond acceptors (Lipinski definition) is 3. The molecule has 3 rings (SSSR count). The molecular weight excluding hydrogens is 398 g/mol. The van der Waals surface area contributed by atoms with Crippen LogP contribution in [0, 0.1) is 27.7 Å². The van der Waals surface area contributed by atoms with Gasteiger partial charge in [0.05, 0.1) is 24.5 Å². The summed E-state index contributed by atoms with van der Waals surface area (Å²) in [6.07, 6.45) is 0.906. The van der Waals surface area contributed by atoms with Gasteiger partial charge < -0.3 is 10.6 Å². The molecule has 32 heavy (non-hydrogen) atoms. The average molecular weight is 436 g/mol. The normalized spacial score (nSPS) is 12.8. The standard InChI is InChI=1S/C25H37N7/c1-8-26-25(28-17(2)14-23-18(3)29-31(7)20(23)5)27-15-24-19(4)30-32(21(24)6)16-22-12-10-9-11-13-22/h9-13,17H,8,14-16H2,1-7H3,(H2,26,27,28). The third-order valence-corrected chi connectivity index (χ3v) is 6.00. The topological polar surface area (TPSA) is 72.1 Å². The maximum Gasteiger partial charge on any atom is 0.191 e. The maximum atomic E-state index is 4.88. The van der Waals surface area contributed by atoms with E-state index in [0.29, 0.717) is 6.54 Å². The zero-order valence-electron chi connectivity index (χ0n) is 20.5. The van der Waals surface area contributed by atoms with Gasteiger partial charge in [-0.15, -0.1) is 0 Å².